The number of aryl methyl sites for hydroxylation is 1. The molecule has 0 atom stereocenters. The summed E-state index contributed by atoms with van der Waals surface area (Å²) >= 11 is 0. The highest BCUT2D eigenvalue weighted by Gasteiger charge is 2.07. The van der Waals surface area contributed by atoms with Crippen LogP contribution in [0, 0.1) is 6.92 Å². The van der Waals surface area contributed by atoms with Crippen molar-refractivity contribution < 1.29 is 9.15 Å². The SMILES string of the molecule is CCOc1cccc2nc(C)oc12. The fraction of sp³-hybridized carbons (Fsp3) is 0.300. The molecule has 0 unspecified atom stereocenters. The number of aromatic nitrogens is 1. The van der Waals surface area contributed by atoms with E-state index in [-0.39, 0.29) is 0 Å². The summed E-state index contributed by atoms with van der Waals surface area (Å²) in [7, 11) is 0. The molecule has 0 aliphatic heterocycles. The van der Waals surface area contributed by atoms with Crippen LogP contribution < -0.4 is 4.74 Å². The first kappa shape index (κ1) is 8.10. The molecule has 1 aromatic carbocycles. The smallest absolute Gasteiger partial charge is 0.196 e. The Morgan fingerprint density at radius 2 is 2.31 bits per heavy atom. The summed E-state index contributed by atoms with van der Waals surface area (Å²) in [6, 6.07) is 5.71. The molecule has 0 amide bonds. The topological polar surface area (TPSA) is 35.3 Å². The zero-order valence-corrected chi connectivity index (χ0v) is 7.70. The molecule has 0 aliphatic rings. The summed E-state index contributed by atoms with van der Waals surface area (Å²) in [5.41, 5.74) is 1.59. The fourth-order valence-corrected chi connectivity index (χ4v) is 1.30. The third-order valence-corrected chi connectivity index (χ3v) is 1.79. The van der Waals surface area contributed by atoms with E-state index in [2.05, 4.69) is 4.98 Å². The van der Waals surface area contributed by atoms with Crippen LogP contribution in [0.25, 0.3) is 11.1 Å². The molecule has 0 N–H and O–H groups in total. The molecule has 0 aliphatic carbocycles. The Morgan fingerprint density at radius 1 is 1.46 bits per heavy atom. The second kappa shape index (κ2) is 3.09. The predicted octanol–water partition coefficient (Wildman–Crippen LogP) is 2.53. The fourth-order valence-electron chi connectivity index (χ4n) is 1.30. The summed E-state index contributed by atoms with van der Waals surface area (Å²) in [5.74, 6) is 1.43. The van der Waals surface area contributed by atoms with Crippen molar-refractivity contribution >= 4 is 11.1 Å². The monoisotopic (exact) mass is 177 g/mol. The standard InChI is InChI=1S/C10H11NO2/c1-3-12-9-6-4-5-8-10(9)13-7(2)11-8/h4-6H,3H2,1-2H3. The minimum absolute atomic E-state index is 0.638. The van der Waals surface area contributed by atoms with Gasteiger partial charge in [0, 0.05) is 6.92 Å². The molecule has 0 radical (unpaired) electrons. The number of oxazole rings is 1. The summed E-state index contributed by atoms with van der Waals surface area (Å²) in [6.45, 7) is 4.41. The average molecular weight is 177 g/mol. The van der Waals surface area contributed by atoms with Crippen molar-refractivity contribution in [3.63, 3.8) is 0 Å². The van der Waals surface area contributed by atoms with Crippen LogP contribution in [0.3, 0.4) is 0 Å². The van der Waals surface area contributed by atoms with Gasteiger partial charge in [0.2, 0.25) is 0 Å². The molecule has 13 heavy (non-hydrogen) atoms. The average Bonchev–Trinajstić information content (AvgIpc) is 2.47. The van der Waals surface area contributed by atoms with Gasteiger partial charge in [-0.2, -0.15) is 0 Å². The van der Waals surface area contributed by atoms with Crippen LogP contribution in [0.15, 0.2) is 22.6 Å². The van der Waals surface area contributed by atoms with E-state index in [0.29, 0.717) is 12.5 Å². The van der Waals surface area contributed by atoms with Crippen molar-refractivity contribution in [1.82, 2.24) is 4.98 Å². The molecule has 1 aromatic heterocycles. The van der Waals surface area contributed by atoms with Crippen molar-refractivity contribution in [3.8, 4) is 5.75 Å². The van der Waals surface area contributed by atoms with Crippen LogP contribution in [0.5, 0.6) is 5.75 Å². The largest absolute Gasteiger partial charge is 0.490 e. The van der Waals surface area contributed by atoms with Gasteiger partial charge in [0.05, 0.1) is 6.61 Å². The van der Waals surface area contributed by atoms with Crippen molar-refractivity contribution in [2.24, 2.45) is 0 Å². The van der Waals surface area contributed by atoms with Gasteiger partial charge >= 0.3 is 0 Å². The van der Waals surface area contributed by atoms with E-state index in [9.17, 15) is 0 Å². The van der Waals surface area contributed by atoms with Gasteiger partial charge in [-0.15, -0.1) is 0 Å². The number of ether oxygens (including phenoxy) is 1. The maximum atomic E-state index is 5.42. The second-order valence-electron chi connectivity index (χ2n) is 2.77. The Morgan fingerprint density at radius 3 is 3.08 bits per heavy atom. The van der Waals surface area contributed by atoms with Crippen molar-refractivity contribution in [2.45, 2.75) is 13.8 Å². The van der Waals surface area contributed by atoms with Crippen LogP contribution in [-0.4, -0.2) is 11.6 Å². The number of para-hydroxylation sites is 1. The van der Waals surface area contributed by atoms with Crippen LogP contribution in [-0.2, 0) is 0 Å². The number of benzene rings is 1. The van der Waals surface area contributed by atoms with Crippen molar-refractivity contribution in [1.29, 1.82) is 0 Å². The van der Waals surface area contributed by atoms with E-state index in [1.807, 2.05) is 32.0 Å². The second-order valence-corrected chi connectivity index (χ2v) is 2.77. The molecule has 2 rings (SSSR count). The van der Waals surface area contributed by atoms with E-state index in [1.54, 1.807) is 0 Å². The summed E-state index contributed by atoms with van der Waals surface area (Å²) in [4.78, 5) is 4.21. The minimum Gasteiger partial charge on any atom is -0.490 e. The zero-order valence-electron chi connectivity index (χ0n) is 7.70. The maximum Gasteiger partial charge on any atom is 0.196 e. The molecule has 0 spiro atoms. The van der Waals surface area contributed by atoms with Gasteiger partial charge in [-0.1, -0.05) is 6.07 Å². The lowest BCUT2D eigenvalue weighted by Gasteiger charge is -2.00. The Kier molecular flexibility index (Phi) is 1.93. The highest BCUT2D eigenvalue weighted by atomic mass is 16.5. The molecule has 0 fully saturated rings. The first-order chi connectivity index (χ1) is 6.31. The Balaban J connectivity index is 2.60. The number of hydrogen-bond acceptors (Lipinski definition) is 3. The maximum absolute atomic E-state index is 5.42. The first-order valence-corrected chi connectivity index (χ1v) is 4.30. The van der Waals surface area contributed by atoms with Gasteiger partial charge < -0.3 is 9.15 Å². The zero-order chi connectivity index (χ0) is 9.26. The Bertz CT molecular complexity index is 420. The Hall–Kier alpha value is -1.51. The van der Waals surface area contributed by atoms with Crippen molar-refractivity contribution in [2.75, 3.05) is 6.61 Å². The molecule has 1 heterocycles. The Labute approximate surface area is 76.3 Å². The highest BCUT2D eigenvalue weighted by molar-refractivity contribution is 5.79. The number of fused-ring (bicyclic) bond motifs is 1. The van der Waals surface area contributed by atoms with Gasteiger partial charge in [-0.3, -0.25) is 0 Å². The van der Waals surface area contributed by atoms with Crippen LogP contribution in [0.2, 0.25) is 0 Å². The molecule has 0 saturated heterocycles. The molecule has 0 bridgehead atoms. The highest BCUT2D eigenvalue weighted by Crippen LogP contribution is 2.25. The van der Waals surface area contributed by atoms with Crippen LogP contribution in [0.4, 0.5) is 0 Å². The lowest BCUT2D eigenvalue weighted by Crippen LogP contribution is -1.90. The van der Waals surface area contributed by atoms with Gasteiger partial charge in [0.25, 0.3) is 0 Å². The van der Waals surface area contributed by atoms with E-state index < -0.39 is 0 Å². The van der Waals surface area contributed by atoms with Gasteiger partial charge in [0.1, 0.15) is 5.52 Å². The molecular weight excluding hydrogens is 166 g/mol. The summed E-state index contributed by atoms with van der Waals surface area (Å²) < 4.78 is 10.8. The minimum atomic E-state index is 0.638. The number of hydrogen-bond donors (Lipinski definition) is 0. The third-order valence-electron chi connectivity index (χ3n) is 1.79. The first-order valence-electron chi connectivity index (χ1n) is 4.30. The molecular formula is C10H11NO2. The number of nitrogens with zero attached hydrogens (tertiary/aromatic N) is 1. The van der Waals surface area contributed by atoms with E-state index in [1.165, 1.54) is 0 Å². The lowest BCUT2D eigenvalue weighted by atomic mass is 10.3. The summed E-state index contributed by atoms with van der Waals surface area (Å²) in [5, 5.41) is 0. The van der Waals surface area contributed by atoms with Crippen molar-refractivity contribution in [3.05, 3.63) is 24.1 Å². The molecule has 3 nitrogen and oxygen atoms in total. The quantitative estimate of drug-likeness (QED) is 0.707. The van der Waals surface area contributed by atoms with Gasteiger partial charge in [-0.05, 0) is 19.1 Å². The normalized spacial score (nSPS) is 10.6. The van der Waals surface area contributed by atoms with E-state index in [4.69, 9.17) is 9.15 Å². The molecule has 0 saturated carbocycles. The van der Waals surface area contributed by atoms with E-state index >= 15 is 0 Å². The summed E-state index contributed by atoms with van der Waals surface area (Å²) in [6.07, 6.45) is 0. The number of rotatable bonds is 2. The lowest BCUT2D eigenvalue weighted by molar-refractivity contribution is 0.338. The van der Waals surface area contributed by atoms with Gasteiger partial charge in [0.15, 0.2) is 17.2 Å². The van der Waals surface area contributed by atoms with Crippen LogP contribution >= 0.6 is 0 Å². The van der Waals surface area contributed by atoms with Gasteiger partial charge in [-0.25, -0.2) is 4.98 Å². The molecule has 68 valence electrons. The van der Waals surface area contributed by atoms with E-state index in [0.717, 1.165) is 16.8 Å². The molecule has 3 heteroatoms. The van der Waals surface area contributed by atoms with Crippen LogP contribution in [0.1, 0.15) is 12.8 Å². The molecule has 2 aromatic rings. The third kappa shape index (κ3) is 1.37. The predicted molar refractivity (Wildman–Crippen MR) is 49.9 cm³/mol.